The van der Waals surface area contributed by atoms with Crippen molar-refractivity contribution in [2.75, 3.05) is 18.5 Å². The standard InChI is InChI=1S/C13H18Br2O2/c1-10(2)16-6-7-17-13(9-14)11-4-3-5-12(15)8-11/h3-5,8,10,13H,6-7,9H2,1-2H3. The zero-order valence-corrected chi connectivity index (χ0v) is 13.3. The topological polar surface area (TPSA) is 18.5 Å². The SMILES string of the molecule is CC(C)OCCOC(CBr)c1cccc(Br)c1. The van der Waals surface area contributed by atoms with E-state index in [-0.39, 0.29) is 12.2 Å². The van der Waals surface area contributed by atoms with E-state index in [0.29, 0.717) is 13.2 Å². The van der Waals surface area contributed by atoms with E-state index in [0.717, 1.165) is 9.80 Å². The van der Waals surface area contributed by atoms with Gasteiger partial charge in [0.25, 0.3) is 0 Å². The largest absolute Gasteiger partial charge is 0.376 e. The van der Waals surface area contributed by atoms with Crippen molar-refractivity contribution in [1.29, 1.82) is 0 Å². The van der Waals surface area contributed by atoms with Gasteiger partial charge in [-0.25, -0.2) is 0 Å². The fraction of sp³-hybridized carbons (Fsp3) is 0.538. The predicted octanol–water partition coefficient (Wildman–Crippen LogP) is 4.33. The summed E-state index contributed by atoms with van der Waals surface area (Å²) in [4.78, 5) is 0. The van der Waals surface area contributed by atoms with Crippen LogP contribution in [0.2, 0.25) is 0 Å². The summed E-state index contributed by atoms with van der Waals surface area (Å²) in [6.07, 6.45) is 0.329. The highest BCUT2D eigenvalue weighted by Gasteiger charge is 2.10. The van der Waals surface area contributed by atoms with Crippen molar-refractivity contribution >= 4 is 31.9 Å². The predicted molar refractivity (Wildman–Crippen MR) is 77.7 cm³/mol. The van der Waals surface area contributed by atoms with Gasteiger partial charge in [0, 0.05) is 9.80 Å². The van der Waals surface area contributed by atoms with Crippen LogP contribution in [0.25, 0.3) is 0 Å². The van der Waals surface area contributed by atoms with Crippen LogP contribution in [0.1, 0.15) is 25.5 Å². The molecule has 0 heterocycles. The number of rotatable bonds is 7. The summed E-state index contributed by atoms with van der Waals surface area (Å²) in [5.74, 6) is 0. The normalized spacial score (nSPS) is 13.0. The third kappa shape index (κ3) is 6.00. The van der Waals surface area contributed by atoms with Crippen LogP contribution in [-0.2, 0) is 9.47 Å². The molecule has 0 bridgehead atoms. The molecule has 1 atom stereocenters. The minimum atomic E-state index is 0.0725. The van der Waals surface area contributed by atoms with E-state index in [2.05, 4.69) is 44.0 Å². The Bertz CT molecular complexity index is 329. The van der Waals surface area contributed by atoms with Crippen LogP contribution < -0.4 is 0 Å². The summed E-state index contributed by atoms with van der Waals surface area (Å²) in [6, 6.07) is 8.18. The lowest BCUT2D eigenvalue weighted by molar-refractivity contribution is -0.00554. The van der Waals surface area contributed by atoms with Crippen molar-refractivity contribution in [2.24, 2.45) is 0 Å². The molecule has 0 N–H and O–H groups in total. The molecule has 0 aliphatic rings. The zero-order chi connectivity index (χ0) is 12.7. The number of hydrogen-bond acceptors (Lipinski definition) is 2. The Balaban J connectivity index is 2.43. The lowest BCUT2D eigenvalue weighted by Gasteiger charge is -2.16. The number of halogens is 2. The first kappa shape index (κ1) is 15.2. The minimum Gasteiger partial charge on any atom is -0.376 e. The Morgan fingerprint density at radius 2 is 1.88 bits per heavy atom. The molecule has 1 rings (SSSR count). The monoisotopic (exact) mass is 364 g/mol. The van der Waals surface area contributed by atoms with E-state index in [4.69, 9.17) is 9.47 Å². The summed E-state index contributed by atoms with van der Waals surface area (Å²) in [7, 11) is 0. The molecule has 17 heavy (non-hydrogen) atoms. The average Bonchev–Trinajstić information content (AvgIpc) is 2.29. The van der Waals surface area contributed by atoms with Gasteiger partial charge in [0.1, 0.15) is 0 Å². The molecular formula is C13H18Br2O2. The smallest absolute Gasteiger partial charge is 0.0923 e. The summed E-state index contributed by atoms with van der Waals surface area (Å²) in [5, 5.41) is 0.783. The summed E-state index contributed by atoms with van der Waals surface area (Å²) >= 11 is 6.94. The molecule has 0 aromatic heterocycles. The van der Waals surface area contributed by atoms with E-state index < -0.39 is 0 Å². The average molecular weight is 366 g/mol. The molecule has 1 unspecified atom stereocenters. The van der Waals surface area contributed by atoms with Gasteiger partial charge in [-0.15, -0.1) is 0 Å². The van der Waals surface area contributed by atoms with Crippen LogP contribution >= 0.6 is 31.9 Å². The Labute approximate surface area is 120 Å². The Morgan fingerprint density at radius 3 is 2.47 bits per heavy atom. The fourth-order valence-electron chi connectivity index (χ4n) is 1.41. The number of alkyl halides is 1. The van der Waals surface area contributed by atoms with Gasteiger partial charge in [-0.3, -0.25) is 0 Å². The Kier molecular flexibility index (Phi) is 7.35. The second kappa shape index (κ2) is 8.25. The highest BCUT2D eigenvalue weighted by Crippen LogP contribution is 2.22. The van der Waals surface area contributed by atoms with E-state index in [1.807, 2.05) is 26.0 Å². The van der Waals surface area contributed by atoms with Crippen molar-refractivity contribution in [3.05, 3.63) is 34.3 Å². The van der Waals surface area contributed by atoms with Crippen molar-refractivity contribution in [3.63, 3.8) is 0 Å². The van der Waals surface area contributed by atoms with E-state index in [9.17, 15) is 0 Å². The van der Waals surface area contributed by atoms with Crippen molar-refractivity contribution in [3.8, 4) is 0 Å². The van der Waals surface area contributed by atoms with Crippen LogP contribution in [0.15, 0.2) is 28.7 Å². The molecule has 0 fully saturated rings. The number of hydrogen-bond donors (Lipinski definition) is 0. The van der Waals surface area contributed by atoms with Gasteiger partial charge in [0.2, 0.25) is 0 Å². The molecular weight excluding hydrogens is 348 g/mol. The van der Waals surface area contributed by atoms with Gasteiger partial charge in [-0.2, -0.15) is 0 Å². The highest BCUT2D eigenvalue weighted by molar-refractivity contribution is 9.10. The van der Waals surface area contributed by atoms with Gasteiger partial charge in [0.15, 0.2) is 0 Å². The molecule has 0 saturated heterocycles. The van der Waals surface area contributed by atoms with Gasteiger partial charge < -0.3 is 9.47 Å². The lowest BCUT2D eigenvalue weighted by atomic mass is 10.1. The molecule has 4 heteroatoms. The van der Waals surface area contributed by atoms with E-state index in [1.165, 1.54) is 5.56 Å². The first-order valence-corrected chi connectivity index (χ1v) is 7.59. The Hall–Kier alpha value is 0.1000. The molecule has 0 radical (unpaired) electrons. The quantitative estimate of drug-likeness (QED) is 0.529. The molecule has 0 spiro atoms. The molecule has 0 aliphatic heterocycles. The molecule has 0 aliphatic carbocycles. The van der Waals surface area contributed by atoms with E-state index >= 15 is 0 Å². The molecule has 1 aromatic carbocycles. The number of ether oxygens (including phenoxy) is 2. The summed E-state index contributed by atoms with van der Waals surface area (Å²) in [6.45, 7) is 5.29. The lowest BCUT2D eigenvalue weighted by Crippen LogP contribution is -2.13. The molecule has 2 nitrogen and oxygen atoms in total. The van der Waals surface area contributed by atoms with Crippen LogP contribution in [0.3, 0.4) is 0 Å². The van der Waals surface area contributed by atoms with Crippen molar-refractivity contribution in [2.45, 2.75) is 26.1 Å². The molecule has 1 aromatic rings. The van der Waals surface area contributed by atoms with Crippen LogP contribution in [0, 0.1) is 0 Å². The van der Waals surface area contributed by atoms with Gasteiger partial charge in [-0.1, -0.05) is 44.0 Å². The van der Waals surface area contributed by atoms with Gasteiger partial charge in [-0.05, 0) is 31.5 Å². The van der Waals surface area contributed by atoms with Gasteiger partial charge in [0.05, 0.1) is 25.4 Å². The highest BCUT2D eigenvalue weighted by atomic mass is 79.9. The zero-order valence-electron chi connectivity index (χ0n) is 10.2. The maximum absolute atomic E-state index is 5.79. The van der Waals surface area contributed by atoms with E-state index in [1.54, 1.807) is 0 Å². The van der Waals surface area contributed by atoms with Crippen LogP contribution in [-0.4, -0.2) is 24.6 Å². The minimum absolute atomic E-state index is 0.0725. The second-order valence-corrected chi connectivity index (χ2v) is 5.55. The van der Waals surface area contributed by atoms with Gasteiger partial charge >= 0.3 is 0 Å². The molecule has 96 valence electrons. The number of benzene rings is 1. The molecule has 0 amide bonds. The fourth-order valence-corrected chi connectivity index (χ4v) is 2.39. The Morgan fingerprint density at radius 1 is 1.18 bits per heavy atom. The second-order valence-electron chi connectivity index (χ2n) is 3.99. The third-order valence-electron chi connectivity index (χ3n) is 2.21. The van der Waals surface area contributed by atoms with Crippen LogP contribution in [0.5, 0.6) is 0 Å². The molecule has 0 saturated carbocycles. The van der Waals surface area contributed by atoms with Crippen molar-refractivity contribution in [1.82, 2.24) is 0 Å². The summed E-state index contributed by atoms with van der Waals surface area (Å²) < 4.78 is 12.3. The third-order valence-corrected chi connectivity index (χ3v) is 3.30. The summed E-state index contributed by atoms with van der Waals surface area (Å²) in [5.41, 5.74) is 1.17. The first-order valence-electron chi connectivity index (χ1n) is 5.68. The maximum atomic E-state index is 5.79. The van der Waals surface area contributed by atoms with Crippen LogP contribution in [0.4, 0.5) is 0 Å². The first-order chi connectivity index (χ1) is 8.13. The van der Waals surface area contributed by atoms with Crippen molar-refractivity contribution < 1.29 is 9.47 Å². The maximum Gasteiger partial charge on any atom is 0.0923 e.